The van der Waals surface area contributed by atoms with Crippen LogP contribution in [0.25, 0.3) is 0 Å². The molecule has 0 saturated carbocycles. The van der Waals surface area contributed by atoms with Crippen LogP contribution in [0.5, 0.6) is 0 Å². The van der Waals surface area contributed by atoms with Crippen molar-refractivity contribution >= 4 is 11.9 Å². The van der Waals surface area contributed by atoms with E-state index in [4.69, 9.17) is 5.11 Å². The minimum Gasteiger partial charge on any atom is -0.481 e. The van der Waals surface area contributed by atoms with Crippen LogP contribution in [0.15, 0.2) is 0 Å². The van der Waals surface area contributed by atoms with Gasteiger partial charge in [-0.3, -0.25) is 9.59 Å². The molecule has 1 rings (SSSR count). The first-order valence-electron chi connectivity index (χ1n) is 4.36. The summed E-state index contributed by atoms with van der Waals surface area (Å²) >= 11 is 0. The zero-order valence-corrected chi connectivity index (χ0v) is 7.62. The third-order valence-electron chi connectivity index (χ3n) is 2.11. The lowest BCUT2D eigenvalue weighted by Gasteiger charge is -2.36. The van der Waals surface area contributed by atoms with E-state index in [9.17, 15) is 9.59 Å². The highest BCUT2D eigenvalue weighted by molar-refractivity contribution is 5.82. The third kappa shape index (κ3) is 2.42. The first kappa shape index (κ1) is 9.98. The predicted octanol–water partition coefficient (Wildman–Crippen LogP) is -0.861. The van der Waals surface area contributed by atoms with Crippen LogP contribution in [0.2, 0.25) is 0 Å². The molecule has 2 N–H and O–H groups in total. The Balaban J connectivity index is 2.19. The third-order valence-corrected chi connectivity index (χ3v) is 2.11. The van der Waals surface area contributed by atoms with Gasteiger partial charge in [-0.1, -0.05) is 6.92 Å². The summed E-state index contributed by atoms with van der Waals surface area (Å²) in [5.74, 6) is -1.18. The minimum absolute atomic E-state index is 0.0145. The van der Waals surface area contributed by atoms with E-state index in [2.05, 4.69) is 5.32 Å². The number of nitrogens with zero attached hydrogens (tertiary/aromatic N) is 1. The Morgan fingerprint density at radius 2 is 2.15 bits per heavy atom. The van der Waals surface area contributed by atoms with Crippen molar-refractivity contribution < 1.29 is 14.7 Å². The maximum atomic E-state index is 11.2. The molecule has 0 radical (unpaired) electrons. The van der Waals surface area contributed by atoms with E-state index in [0.29, 0.717) is 19.6 Å². The molecule has 13 heavy (non-hydrogen) atoms. The molecule has 0 aliphatic carbocycles. The number of carbonyl (C=O) groups is 2. The molecular weight excluding hydrogens is 172 g/mol. The molecule has 1 fully saturated rings. The average molecular weight is 186 g/mol. The normalized spacial score (nSPS) is 16.8. The van der Waals surface area contributed by atoms with E-state index >= 15 is 0 Å². The van der Waals surface area contributed by atoms with Gasteiger partial charge in [-0.2, -0.15) is 0 Å². The highest BCUT2D eigenvalue weighted by Gasteiger charge is 2.34. The van der Waals surface area contributed by atoms with Crippen LogP contribution in [0, 0.1) is 5.92 Å². The van der Waals surface area contributed by atoms with Gasteiger partial charge in [0.05, 0.1) is 12.5 Å². The number of likely N-dealkylation sites (N-methyl/N-ethyl adjacent to an activating group) is 1. The Labute approximate surface area is 76.7 Å². The molecule has 1 amide bonds. The van der Waals surface area contributed by atoms with Gasteiger partial charge in [-0.15, -0.1) is 0 Å². The SMILES string of the molecule is CCNCC(=O)N1CC(C(=O)O)C1. The van der Waals surface area contributed by atoms with Gasteiger partial charge >= 0.3 is 5.97 Å². The molecule has 1 aliphatic rings. The number of likely N-dealkylation sites (tertiary alicyclic amines) is 1. The number of nitrogens with one attached hydrogen (secondary N) is 1. The molecule has 1 heterocycles. The first-order chi connectivity index (χ1) is 6.15. The Morgan fingerprint density at radius 1 is 1.54 bits per heavy atom. The molecule has 5 nitrogen and oxygen atoms in total. The molecule has 0 bridgehead atoms. The van der Waals surface area contributed by atoms with Gasteiger partial charge in [-0.25, -0.2) is 0 Å². The predicted molar refractivity (Wildman–Crippen MR) is 46.2 cm³/mol. The Hall–Kier alpha value is -1.10. The van der Waals surface area contributed by atoms with Gasteiger partial charge in [0, 0.05) is 13.1 Å². The van der Waals surface area contributed by atoms with Crippen molar-refractivity contribution in [3.63, 3.8) is 0 Å². The molecular formula is C8H14N2O3. The quantitative estimate of drug-likeness (QED) is 0.599. The largest absolute Gasteiger partial charge is 0.481 e. The van der Waals surface area contributed by atoms with Gasteiger partial charge in [-0.05, 0) is 6.54 Å². The molecule has 0 aromatic carbocycles. The zero-order chi connectivity index (χ0) is 9.84. The molecule has 0 atom stereocenters. The Bertz CT molecular complexity index is 211. The lowest BCUT2D eigenvalue weighted by atomic mass is 10.0. The zero-order valence-electron chi connectivity index (χ0n) is 7.62. The van der Waals surface area contributed by atoms with E-state index in [1.54, 1.807) is 4.90 Å². The Morgan fingerprint density at radius 3 is 2.62 bits per heavy atom. The summed E-state index contributed by atoms with van der Waals surface area (Å²) in [5, 5.41) is 11.5. The summed E-state index contributed by atoms with van der Waals surface area (Å²) < 4.78 is 0. The highest BCUT2D eigenvalue weighted by Crippen LogP contribution is 2.14. The van der Waals surface area contributed by atoms with Crippen molar-refractivity contribution in [1.82, 2.24) is 10.2 Å². The number of hydrogen-bond acceptors (Lipinski definition) is 3. The molecule has 1 saturated heterocycles. The molecule has 0 aromatic rings. The van der Waals surface area contributed by atoms with Crippen LogP contribution in [0.3, 0.4) is 0 Å². The van der Waals surface area contributed by atoms with Crippen LogP contribution in [0.1, 0.15) is 6.92 Å². The van der Waals surface area contributed by atoms with Crippen molar-refractivity contribution in [3.8, 4) is 0 Å². The summed E-state index contributed by atoms with van der Waals surface area (Å²) in [6.07, 6.45) is 0. The number of amides is 1. The maximum Gasteiger partial charge on any atom is 0.310 e. The summed E-state index contributed by atoms with van der Waals surface area (Å²) in [6.45, 7) is 3.70. The Kier molecular flexibility index (Phi) is 3.25. The van der Waals surface area contributed by atoms with Crippen molar-refractivity contribution in [2.75, 3.05) is 26.2 Å². The van der Waals surface area contributed by atoms with Gasteiger partial charge < -0.3 is 15.3 Å². The van der Waals surface area contributed by atoms with Crippen LogP contribution in [-0.2, 0) is 9.59 Å². The molecule has 0 spiro atoms. The summed E-state index contributed by atoms with van der Waals surface area (Å²) in [7, 11) is 0. The standard InChI is InChI=1S/C8H14N2O3/c1-2-9-3-7(11)10-4-6(5-10)8(12)13/h6,9H,2-5H2,1H3,(H,12,13). The summed E-state index contributed by atoms with van der Waals surface area (Å²) in [4.78, 5) is 23.2. The average Bonchev–Trinajstić information content (AvgIpc) is 1.97. The second-order valence-electron chi connectivity index (χ2n) is 3.11. The van der Waals surface area contributed by atoms with E-state index in [-0.39, 0.29) is 11.8 Å². The van der Waals surface area contributed by atoms with Crippen molar-refractivity contribution in [2.24, 2.45) is 5.92 Å². The van der Waals surface area contributed by atoms with Gasteiger partial charge in [0.25, 0.3) is 0 Å². The number of carbonyl (C=O) groups excluding carboxylic acids is 1. The van der Waals surface area contributed by atoms with Crippen LogP contribution in [0.4, 0.5) is 0 Å². The highest BCUT2D eigenvalue weighted by atomic mass is 16.4. The van der Waals surface area contributed by atoms with E-state index in [1.807, 2.05) is 6.92 Å². The van der Waals surface area contributed by atoms with Gasteiger partial charge in [0.15, 0.2) is 0 Å². The van der Waals surface area contributed by atoms with Crippen LogP contribution >= 0.6 is 0 Å². The lowest BCUT2D eigenvalue weighted by molar-refractivity contribution is -0.152. The van der Waals surface area contributed by atoms with E-state index < -0.39 is 5.97 Å². The summed E-state index contributed by atoms with van der Waals surface area (Å²) in [5.41, 5.74) is 0. The fourth-order valence-corrected chi connectivity index (χ4v) is 1.18. The molecule has 5 heteroatoms. The van der Waals surface area contributed by atoms with Crippen LogP contribution < -0.4 is 5.32 Å². The summed E-state index contributed by atoms with van der Waals surface area (Å²) in [6, 6.07) is 0. The van der Waals surface area contributed by atoms with Gasteiger partial charge in [0.1, 0.15) is 0 Å². The topological polar surface area (TPSA) is 69.6 Å². The van der Waals surface area contributed by atoms with Crippen molar-refractivity contribution in [3.05, 3.63) is 0 Å². The number of rotatable bonds is 4. The number of carboxylic acids is 1. The first-order valence-corrected chi connectivity index (χ1v) is 4.36. The molecule has 0 unspecified atom stereocenters. The number of aliphatic carboxylic acids is 1. The van der Waals surface area contributed by atoms with E-state index in [1.165, 1.54) is 0 Å². The minimum atomic E-state index is -0.812. The fraction of sp³-hybridized carbons (Fsp3) is 0.750. The van der Waals surface area contributed by atoms with Gasteiger partial charge in [0.2, 0.25) is 5.91 Å². The van der Waals surface area contributed by atoms with Crippen molar-refractivity contribution in [2.45, 2.75) is 6.92 Å². The van der Waals surface area contributed by atoms with Crippen LogP contribution in [-0.4, -0.2) is 48.1 Å². The second kappa shape index (κ2) is 4.23. The molecule has 74 valence electrons. The number of carboxylic acid groups (broad SMARTS) is 1. The molecule has 0 aromatic heterocycles. The monoisotopic (exact) mass is 186 g/mol. The fourth-order valence-electron chi connectivity index (χ4n) is 1.18. The van der Waals surface area contributed by atoms with E-state index in [0.717, 1.165) is 6.54 Å². The molecule has 1 aliphatic heterocycles. The lowest BCUT2D eigenvalue weighted by Crippen LogP contribution is -2.55. The smallest absolute Gasteiger partial charge is 0.310 e. The van der Waals surface area contributed by atoms with Crippen molar-refractivity contribution in [1.29, 1.82) is 0 Å². The second-order valence-corrected chi connectivity index (χ2v) is 3.11. The number of hydrogen-bond donors (Lipinski definition) is 2. The maximum absolute atomic E-state index is 11.2.